The second-order valence-corrected chi connectivity index (χ2v) is 7.06. The number of ether oxygens (including phenoxy) is 1. The maximum Gasteiger partial charge on any atom is 0.238 e. The average Bonchev–Trinajstić information content (AvgIpc) is 2.71. The zero-order valence-corrected chi connectivity index (χ0v) is 16.4. The van der Waals surface area contributed by atoms with Crippen LogP contribution in [0.4, 0.5) is 5.69 Å². The number of hydrogen-bond donors (Lipinski definition) is 1. The maximum absolute atomic E-state index is 12.3. The molecule has 146 valence electrons. The van der Waals surface area contributed by atoms with Gasteiger partial charge in [-0.05, 0) is 36.4 Å². The first-order valence-electron chi connectivity index (χ1n) is 9.26. The monoisotopic (exact) mass is 398 g/mol. The molecule has 1 aliphatic heterocycles. The minimum atomic E-state index is -0.0952. The number of amides is 1. The SMILES string of the molecule is N#Cc1ccccc1NC(=O)CN1CCN(CCOc2ccc(Cl)cc2)CC1. The molecule has 2 aromatic carbocycles. The Morgan fingerprint density at radius 2 is 1.75 bits per heavy atom. The van der Waals surface area contributed by atoms with Crippen LogP contribution >= 0.6 is 11.6 Å². The van der Waals surface area contributed by atoms with Crippen LogP contribution in [-0.2, 0) is 4.79 Å². The van der Waals surface area contributed by atoms with E-state index in [2.05, 4.69) is 21.2 Å². The van der Waals surface area contributed by atoms with E-state index in [0.717, 1.165) is 38.5 Å². The third kappa shape index (κ3) is 5.96. The van der Waals surface area contributed by atoms with Crippen molar-refractivity contribution in [1.29, 1.82) is 5.26 Å². The fourth-order valence-corrected chi connectivity index (χ4v) is 3.20. The van der Waals surface area contributed by atoms with Gasteiger partial charge in [-0.2, -0.15) is 5.26 Å². The van der Waals surface area contributed by atoms with Crippen LogP contribution in [0, 0.1) is 11.3 Å². The Labute approximate surface area is 170 Å². The smallest absolute Gasteiger partial charge is 0.238 e. The summed E-state index contributed by atoms with van der Waals surface area (Å²) in [4.78, 5) is 16.7. The molecular weight excluding hydrogens is 376 g/mol. The van der Waals surface area contributed by atoms with Crippen LogP contribution in [-0.4, -0.2) is 61.6 Å². The summed E-state index contributed by atoms with van der Waals surface area (Å²) in [5.41, 5.74) is 1.04. The summed E-state index contributed by atoms with van der Waals surface area (Å²) in [6.07, 6.45) is 0. The van der Waals surface area contributed by atoms with Crippen LogP contribution < -0.4 is 10.1 Å². The average molecular weight is 399 g/mol. The number of rotatable bonds is 7. The summed E-state index contributed by atoms with van der Waals surface area (Å²) in [6.45, 7) is 5.24. The number of hydrogen-bond acceptors (Lipinski definition) is 5. The standard InChI is InChI=1S/C21H23ClN4O2/c22-18-5-7-19(8-6-18)28-14-13-25-9-11-26(12-10-25)16-21(27)24-20-4-2-1-3-17(20)15-23/h1-8H,9-14,16H2,(H,24,27). The van der Waals surface area contributed by atoms with Gasteiger partial charge in [0.1, 0.15) is 18.4 Å². The molecule has 0 saturated carbocycles. The third-order valence-electron chi connectivity index (χ3n) is 4.64. The molecule has 7 heteroatoms. The van der Waals surface area contributed by atoms with E-state index in [0.29, 0.717) is 29.4 Å². The number of carbonyl (C=O) groups is 1. The van der Waals surface area contributed by atoms with Crippen molar-refractivity contribution in [3.8, 4) is 11.8 Å². The van der Waals surface area contributed by atoms with Crippen molar-refractivity contribution in [3.05, 3.63) is 59.1 Å². The second-order valence-electron chi connectivity index (χ2n) is 6.63. The molecule has 0 bridgehead atoms. The molecule has 0 atom stereocenters. The molecule has 2 aromatic rings. The van der Waals surface area contributed by atoms with Crippen LogP contribution in [0.25, 0.3) is 0 Å². The van der Waals surface area contributed by atoms with Crippen molar-refractivity contribution >= 4 is 23.2 Å². The Morgan fingerprint density at radius 3 is 2.46 bits per heavy atom. The molecule has 0 spiro atoms. The lowest BCUT2D eigenvalue weighted by Crippen LogP contribution is -2.49. The van der Waals surface area contributed by atoms with Gasteiger partial charge < -0.3 is 10.1 Å². The Bertz CT molecular complexity index is 827. The van der Waals surface area contributed by atoms with Gasteiger partial charge in [0.2, 0.25) is 5.91 Å². The van der Waals surface area contributed by atoms with Crippen molar-refractivity contribution in [2.75, 3.05) is 51.2 Å². The van der Waals surface area contributed by atoms with Crippen LogP contribution in [0.1, 0.15) is 5.56 Å². The number of carbonyl (C=O) groups excluding carboxylic acids is 1. The second kappa shape index (κ2) is 10.1. The van der Waals surface area contributed by atoms with Crippen molar-refractivity contribution in [2.24, 2.45) is 0 Å². The highest BCUT2D eigenvalue weighted by Gasteiger charge is 2.19. The van der Waals surface area contributed by atoms with E-state index in [-0.39, 0.29) is 5.91 Å². The van der Waals surface area contributed by atoms with E-state index < -0.39 is 0 Å². The fraction of sp³-hybridized carbons (Fsp3) is 0.333. The first-order chi connectivity index (χ1) is 13.6. The summed E-state index contributed by atoms with van der Waals surface area (Å²) >= 11 is 5.87. The van der Waals surface area contributed by atoms with Gasteiger partial charge in [0.05, 0.1) is 17.8 Å². The van der Waals surface area contributed by atoms with E-state index in [1.165, 1.54) is 0 Å². The van der Waals surface area contributed by atoms with Crippen LogP contribution in [0.3, 0.4) is 0 Å². The molecule has 0 radical (unpaired) electrons. The van der Waals surface area contributed by atoms with Gasteiger partial charge in [0.15, 0.2) is 0 Å². The summed E-state index contributed by atoms with van der Waals surface area (Å²) in [5, 5.41) is 12.6. The lowest BCUT2D eigenvalue weighted by molar-refractivity contribution is -0.117. The van der Waals surface area contributed by atoms with Gasteiger partial charge in [-0.1, -0.05) is 23.7 Å². The van der Waals surface area contributed by atoms with Crippen molar-refractivity contribution < 1.29 is 9.53 Å². The molecule has 0 unspecified atom stereocenters. The number of nitriles is 1. The van der Waals surface area contributed by atoms with Crippen LogP contribution in [0.2, 0.25) is 5.02 Å². The third-order valence-corrected chi connectivity index (χ3v) is 4.90. The van der Waals surface area contributed by atoms with Crippen molar-refractivity contribution in [3.63, 3.8) is 0 Å². The molecule has 1 heterocycles. The molecule has 1 N–H and O–H groups in total. The number of benzene rings is 2. The number of piperazine rings is 1. The predicted octanol–water partition coefficient (Wildman–Crippen LogP) is 2.85. The quantitative estimate of drug-likeness (QED) is 0.776. The predicted molar refractivity (Wildman–Crippen MR) is 110 cm³/mol. The zero-order chi connectivity index (χ0) is 19.8. The number of nitrogens with zero attached hydrogens (tertiary/aromatic N) is 3. The molecule has 0 aromatic heterocycles. The minimum Gasteiger partial charge on any atom is -0.492 e. The van der Waals surface area contributed by atoms with Gasteiger partial charge >= 0.3 is 0 Å². The summed E-state index contributed by atoms with van der Waals surface area (Å²) in [7, 11) is 0. The normalized spacial score (nSPS) is 15.0. The van der Waals surface area contributed by atoms with Gasteiger partial charge in [-0.3, -0.25) is 14.6 Å². The van der Waals surface area contributed by atoms with E-state index >= 15 is 0 Å². The topological polar surface area (TPSA) is 68.6 Å². The van der Waals surface area contributed by atoms with E-state index in [1.807, 2.05) is 24.3 Å². The van der Waals surface area contributed by atoms with Gasteiger partial charge in [-0.15, -0.1) is 0 Å². The van der Waals surface area contributed by atoms with Gasteiger partial charge in [-0.25, -0.2) is 0 Å². The fourth-order valence-electron chi connectivity index (χ4n) is 3.08. The van der Waals surface area contributed by atoms with Crippen molar-refractivity contribution in [1.82, 2.24) is 9.80 Å². The molecule has 1 amide bonds. The number of anilines is 1. The molecular formula is C21H23ClN4O2. The van der Waals surface area contributed by atoms with Gasteiger partial charge in [0, 0.05) is 37.7 Å². The Hall–Kier alpha value is -2.59. The first-order valence-corrected chi connectivity index (χ1v) is 9.64. The lowest BCUT2D eigenvalue weighted by Gasteiger charge is -2.34. The number of para-hydroxylation sites is 1. The summed E-state index contributed by atoms with van der Waals surface area (Å²) in [6, 6.07) is 16.5. The van der Waals surface area contributed by atoms with E-state index in [1.54, 1.807) is 24.3 Å². The van der Waals surface area contributed by atoms with E-state index in [4.69, 9.17) is 21.6 Å². The largest absolute Gasteiger partial charge is 0.492 e. The lowest BCUT2D eigenvalue weighted by atomic mass is 10.2. The van der Waals surface area contributed by atoms with Crippen molar-refractivity contribution in [2.45, 2.75) is 0 Å². The highest BCUT2D eigenvalue weighted by atomic mass is 35.5. The van der Waals surface area contributed by atoms with Gasteiger partial charge in [0.25, 0.3) is 0 Å². The molecule has 0 aliphatic carbocycles. The summed E-state index contributed by atoms with van der Waals surface area (Å²) in [5.74, 6) is 0.722. The Kier molecular flexibility index (Phi) is 7.26. The minimum absolute atomic E-state index is 0.0952. The Balaban J connectivity index is 1.36. The molecule has 28 heavy (non-hydrogen) atoms. The Morgan fingerprint density at radius 1 is 1.07 bits per heavy atom. The maximum atomic E-state index is 12.3. The molecule has 1 aliphatic rings. The first kappa shape index (κ1) is 20.2. The van der Waals surface area contributed by atoms with Crippen LogP contribution in [0.5, 0.6) is 5.75 Å². The van der Waals surface area contributed by atoms with Crippen LogP contribution in [0.15, 0.2) is 48.5 Å². The number of halogens is 1. The number of nitrogens with one attached hydrogen (secondary N) is 1. The molecule has 6 nitrogen and oxygen atoms in total. The van der Waals surface area contributed by atoms with E-state index in [9.17, 15) is 4.79 Å². The molecule has 1 saturated heterocycles. The zero-order valence-electron chi connectivity index (χ0n) is 15.6. The summed E-state index contributed by atoms with van der Waals surface area (Å²) < 4.78 is 5.74. The molecule has 1 fully saturated rings. The highest BCUT2D eigenvalue weighted by Crippen LogP contribution is 2.16. The highest BCUT2D eigenvalue weighted by molar-refractivity contribution is 6.30. The molecule has 3 rings (SSSR count).